The van der Waals surface area contributed by atoms with Crippen molar-refractivity contribution in [1.29, 1.82) is 0 Å². The molecule has 128 valence electrons. The van der Waals surface area contributed by atoms with Gasteiger partial charge in [-0.15, -0.1) is 0 Å². The van der Waals surface area contributed by atoms with Gasteiger partial charge in [0.1, 0.15) is 0 Å². The summed E-state index contributed by atoms with van der Waals surface area (Å²) in [6.07, 6.45) is 10.1. The highest BCUT2D eigenvalue weighted by Gasteiger charge is 2.16. The average molecular weight is 355 g/mol. The first kappa shape index (κ1) is 16.9. The summed E-state index contributed by atoms with van der Waals surface area (Å²) in [6.45, 7) is 0. The minimum absolute atomic E-state index is 0.222. The molecule has 0 atom stereocenters. The molecule has 0 fully saturated rings. The minimum atomic E-state index is -3.63. The minimum Gasteiger partial charge on any atom is -0.292 e. The number of benzene rings is 1. The maximum atomic E-state index is 12.7. The molecule has 25 heavy (non-hydrogen) atoms. The van der Waals surface area contributed by atoms with Crippen LogP contribution in [-0.2, 0) is 16.4 Å². The lowest BCUT2D eigenvalue weighted by Gasteiger charge is -2.07. The lowest BCUT2D eigenvalue weighted by molar-refractivity contribution is 0.214. The predicted molar refractivity (Wildman–Crippen MR) is 94.5 cm³/mol. The van der Waals surface area contributed by atoms with Gasteiger partial charge < -0.3 is 0 Å². The molecule has 0 aliphatic heterocycles. The van der Waals surface area contributed by atoms with E-state index in [1.165, 1.54) is 16.4 Å². The van der Waals surface area contributed by atoms with Crippen molar-refractivity contribution >= 4 is 10.0 Å². The fourth-order valence-electron chi connectivity index (χ4n) is 2.42. The fraction of sp³-hybridized carbons (Fsp3) is 0.0556. The van der Waals surface area contributed by atoms with Gasteiger partial charge in [-0.05, 0) is 53.4 Å². The van der Waals surface area contributed by atoms with E-state index in [1.54, 1.807) is 55.0 Å². The SMILES string of the molecule is O=S(=O)(c1ccc(-c2ccncc2)cc1)n1ccc(C/C=C/NO)c1. The molecule has 0 aliphatic rings. The Hall–Kier alpha value is -2.90. The maximum Gasteiger partial charge on any atom is 0.267 e. The van der Waals surface area contributed by atoms with Crippen LogP contribution in [0.15, 0.2) is 84.4 Å². The number of aromatic nitrogens is 2. The highest BCUT2D eigenvalue weighted by molar-refractivity contribution is 7.90. The van der Waals surface area contributed by atoms with Crippen LogP contribution in [0.4, 0.5) is 0 Å². The van der Waals surface area contributed by atoms with E-state index in [4.69, 9.17) is 5.21 Å². The Labute approximate surface area is 146 Å². The third-order valence-electron chi connectivity index (χ3n) is 3.72. The Bertz CT molecular complexity index is 962. The molecule has 7 heteroatoms. The molecule has 1 aromatic carbocycles. The summed E-state index contributed by atoms with van der Waals surface area (Å²) in [7, 11) is -3.63. The lowest BCUT2D eigenvalue weighted by Crippen LogP contribution is -2.10. The van der Waals surface area contributed by atoms with Gasteiger partial charge in [0.15, 0.2) is 0 Å². The van der Waals surface area contributed by atoms with Crippen molar-refractivity contribution < 1.29 is 13.6 Å². The van der Waals surface area contributed by atoms with Gasteiger partial charge in [0, 0.05) is 31.0 Å². The second-order valence-electron chi connectivity index (χ2n) is 5.35. The molecule has 0 amide bonds. The number of rotatable bonds is 6. The monoisotopic (exact) mass is 355 g/mol. The van der Waals surface area contributed by atoms with E-state index in [1.807, 2.05) is 17.6 Å². The van der Waals surface area contributed by atoms with Gasteiger partial charge in [-0.3, -0.25) is 15.7 Å². The normalized spacial score (nSPS) is 11.7. The second-order valence-corrected chi connectivity index (χ2v) is 7.19. The Kier molecular flexibility index (Phi) is 4.97. The summed E-state index contributed by atoms with van der Waals surface area (Å²) in [4.78, 5) is 4.20. The molecule has 0 unspecified atom stereocenters. The number of hydrogen-bond donors (Lipinski definition) is 2. The molecule has 0 spiro atoms. The molecule has 6 nitrogen and oxygen atoms in total. The van der Waals surface area contributed by atoms with Crippen molar-refractivity contribution in [3.05, 3.63) is 85.1 Å². The number of hydroxylamine groups is 1. The van der Waals surface area contributed by atoms with E-state index >= 15 is 0 Å². The molecular formula is C18H17N3O3S. The van der Waals surface area contributed by atoms with Gasteiger partial charge in [-0.25, -0.2) is 12.4 Å². The van der Waals surface area contributed by atoms with E-state index in [2.05, 4.69) is 4.98 Å². The van der Waals surface area contributed by atoms with Crippen LogP contribution in [0.3, 0.4) is 0 Å². The van der Waals surface area contributed by atoms with Gasteiger partial charge in [-0.1, -0.05) is 18.2 Å². The summed E-state index contributed by atoms with van der Waals surface area (Å²) in [6, 6.07) is 12.2. The van der Waals surface area contributed by atoms with Crippen LogP contribution in [-0.4, -0.2) is 22.6 Å². The quantitative estimate of drug-likeness (QED) is 0.664. The van der Waals surface area contributed by atoms with E-state index in [9.17, 15) is 8.42 Å². The molecule has 0 saturated carbocycles. The van der Waals surface area contributed by atoms with Crippen molar-refractivity contribution in [3.63, 3.8) is 0 Å². The maximum absolute atomic E-state index is 12.7. The van der Waals surface area contributed by atoms with Gasteiger partial charge in [-0.2, -0.15) is 0 Å². The molecule has 2 N–H and O–H groups in total. The summed E-state index contributed by atoms with van der Waals surface area (Å²) in [5.74, 6) is 0. The lowest BCUT2D eigenvalue weighted by atomic mass is 10.1. The average Bonchev–Trinajstić information content (AvgIpc) is 3.13. The molecule has 2 heterocycles. The highest BCUT2D eigenvalue weighted by Crippen LogP contribution is 2.22. The Morgan fingerprint density at radius 1 is 1.04 bits per heavy atom. The molecular weight excluding hydrogens is 338 g/mol. The van der Waals surface area contributed by atoms with Crippen LogP contribution in [0.1, 0.15) is 5.56 Å². The predicted octanol–water partition coefficient (Wildman–Crippen LogP) is 2.82. The summed E-state index contributed by atoms with van der Waals surface area (Å²) in [5.41, 5.74) is 4.64. The second kappa shape index (κ2) is 7.33. The Morgan fingerprint density at radius 3 is 2.40 bits per heavy atom. The zero-order valence-corrected chi connectivity index (χ0v) is 14.1. The molecule has 0 saturated heterocycles. The van der Waals surface area contributed by atoms with Crippen LogP contribution in [0.25, 0.3) is 11.1 Å². The van der Waals surface area contributed by atoms with E-state index in [-0.39, 0.29) is 4.90 Å². The van der Waals surface area contributed by atoms with Gasteiger partial charge >= 0.3 is 0 Å². The third kappa shape index (κ3) is 3.78. The Morgan fingerprint density at radius 2 is 1.72 bits per heavy atom. The van der Waals surface area contributed by atoms with Crippen molar-refractivity contribution in [3.8, 4) is 11.1 Å². The largest absolute Gasteiger partial charge is 0.292 e. The standard InChI is InChI=1S/C18H17N3O3S/c22-20-10-1-2-15-9-13-21(14-15)25(23,24)18-5-3-16(4-6-18)17-7-11-19-12-8-17/h1,3-14,20,22H,2H2/b10-1+. The van der Waals surface area contributed by atoms with E-state index < -0.39 is 10.0 Å². The first-order valence-corrected chi connectivity index (χ1v) is 9.03. The van der Waals surface area contributed by atoms with Gasteiger partial charge in [0.25, 0.3) is 10.0 Å². The number of pyridine rings is 1. The third-order valence-corrected chi connectivity index (χ3v) is 5.37. The van der Waals surface area contributed by atoms with Crippen molar-refractivity contribution in [2.75, 3.05) is 0 Å². The van der Waals surface area contributed by atoms with Gasteiger partial charge in [0.05, 0.1) is 4.90 Å². The van der Waals surface area contributed by atoms with Crippen LogP contribution in [0.2, 0.25) is 0 Å². The van der Waals surface area contributed by atoms with Crippen molar-refractivity contribution in [2.45, 2.75) is 11.3 Å². The van der Waals surface area contributed by atoms with Gasteiger partial charge in [0.2, 0.25) is 0 Å². The zero-order chi connectivity index (χ0) is 17.7. The van der Waals surface area contributed by atoms with E-state index in [0.717, 1.165) is 16.7 Å². The molecule has 2 aromatic heterocycles. The summed E-state index contributed by atoms with van der Waals surface area (Å²) >= 11 is 0. The van der Waals surface area contributed by atoms with E-state index in [0.29, 0.717) is 6.42 Å². The summed E-state index contributed by atoms with van der Waals surface area (Å²) < 4.78 is 26.6. The molecule has 0 radical (unpaired) electrons. The van der Waals surface area contributed by atoms with Crippen LogP contribution >= 0.6 is 0 Å². The van der Waals surface area contributed by atoms with Crippen LogP contribution < -0.4 is 5.48 Å². The first-order valence-electron chi connectivity index (χ1n) is 7.59. The van der Waals surface area contributed by atoms with Crippen LogP contribution in [0, 0.1) is 0 Å². The smallest absolute Gasteiger partial charge is 0.267 e. The number of hydrogen-bond acceptors (Lipinski definition) is 5. The number of nitrogens with zero attached hydrogens (tertiary/aromatic N) is 2. The summed E-state index contributed by atoms with van der Waals surface area (Å²) in [5, 5.41) is 8.49. The molecule has 3 aromatic rings. The molecule has 0 bridgehead atoms. The number of nitrogens with one attached hydrogen (secondary N) is 1. The molecule has 0 aliphatic carbocycles. The molecule has 3 rings (SSSR count). The number of allylic oxidation sites excluding steroid dienone is 1. The fourth-order valence-corrected chi connectivity index (χ4v) is 3.64. The first-order chi connectivity index (χ1) is 12.1. The van der Waals surface area contributed by atoms with Crippen LogP contribution in [0.5, 0.6) is 0 Å². The highest BCUT2D eigenvalue weighted by atomic mass is 32.2. The Balaban J connectivity index is 1.84. The zero-order valence-electron chi connectivity index (χ0n) is 13.3. The van der Waals surface area contributed by atoms with Crippen molar-refractivity contribution in [2.24, 2.45) is 0 Å². The topological polar surface area (TPSA) is 84.2 Å². The van der Waals surface area contributed by atoms with Crippen molar-refractivity contribution in [1.82, 2.24) is 14.4 Å².